The Morgan fingerprint density at radius 3 is 2.00 bits per heavy atom. The highest BCUT2D eigenvalue weighted by atomic mass is 35.5. The molecule has 31 heavy (non-hydrogen) atoms. The Balaban J connectivity index is 1.75. The van der Waals surface area contributed by atoms with Crippen molar-refractivity contribution in [2.24, 2.45) is 0 Å². The number of benzene rings is 5. The van der Waals surface area contributed by atoms with Crippen LogP contribution in [0.1, 0.15) is 22.3 Å². The Morgan fingerprint density at radius 1 is 0.581 bits per heavy atom. The van der Waals surface area contributed by atoms with Crippen molar-refractivity contribution >= 4 is 22.4 Å². The topological polar surface area (TPSA) is 9.23 Å². The van der Waals surface area contributed by atoms with Gasteiger partial charge in [0.25, 0.3) is 0 Å². The highest BCUT2D eigenvalue weighted by Gasteiger charge is 2.51. The molecule has 5 aromatic carbocycles. The molecule has 0 saturated heterocycles. The molecule has 0 amide bonds. The van der Waals surface area contributed by atoms with Crippen molar-refractivity contribution in [3.05, 3.63) is 130 Å². The third-order valence-corrected chi connectivity index (χ3v) is 7.03. The van der Waals surface area contributed by atoms with Gasteiger partial charge in [-0.3, -0.25) is 0 Å². The SMILES string of the molecule is Clc1ccc2c(c1)-c1c(ccc3ccccc13)C21c2ccccc2Oc2ccccc21. The summed E-state index contributed by atoms with van der Waals surface area (Å²) in [7, 11) is 0. The number of ether oxygens (including phenoxy) is 1. The summed E-state index contributed by atoms with van der Waals surface area (Å²) in [4.78, 5) is 0. The summed E-state index contributed by atoms with van der Waals surface area (Å²) < 4.78 is 6.38. The fourth-order valence-electron chi connectivity index (χ4n) is 5.64. The summed E-state index contributed by atoms with van der Waals surface area (Å²) in [5.74, 6) is 1.81. The normalized spacial score (nSPS) is 14.5. The molecule has 5 aromatic rings. The first kappa shape index (κ1) is 17.2. The van der Waals surface area contributed by atoms with Crippen LogP contribution in [0.25, 0.3) is 21.9 Å². The van der Waals surface area contributed by atoms with Gasteiger partial charge in [0, 0.05) is 16.1 Å². The van der Waals surface area contributed by atoms with Crippen molar-refractivity contribution in [3.63, 3.8) is 0 Å². The standard InChI is InChI=1S/C29H17ClO/c30-19-14-16-22-21(17-19)28-20-8-2-1-7-18(20)13-15-25(28)29(22)23-9-3-5-11-26(23)31-27-12-6-4-10-24(27)29/h1-17H. The second-order valence-corrected chi connectivity index (χ2v) is 8.68. The third-order valence-electron chi connectivity index (χ3n) is 6.79. The van der Waals surface area contributed by atoms with Gasteiger partial charge in [-0.05, 0) is 57.3 Å². The number of fused-ring (bicyclic) bond motifs is 11. The van der Waals surface area contributed by atoms with Crippen molar-refractivity contribution in [2.75, 3.05) is 0 Å². The highest BCUT2D eigenvalue weighted by Crippen LogP contribution is 2.63. The van der Waals surface area contributed by atoms with Crippen LogP contribution >= 0.6 is 11.6 Å². The molecule has 7 rings (SSSR count). The Kier molecular flexibility index (Phi) is 3.32. The molecule has 0 aromatic heterocycles. The lowest BCUT2D eigenvalue weighted by Gasteiger charge is -2.39. The van der Waals surface area contributed by atoms with Gasteiger partial charge in [0.05, 0.1) is 5.41 Å². The van der Waals surface area contributed by atoms with E-state index in [-0.39, 0.29) is 0 Å². The molecule has 0 bridgehead atoms. The fraction of sp³-hybridized carbons (Fsp3) is 0.0345. The molecular formula is C29H17ClO. The highest BCUT2D eigenvalue weighted by molar-refractivity contribution is 6.31. The number of para-hydroxylation sites is 2. The van der Waals surface area contributed by atoms with Gasteiger partial charge in [0.15, 0.2) is 0 Å². The van der Waals surface area contributed by atoms with Crippen LogP contribution in [0.15, 0.2) is 103 Å². The van der Waals surface area contributed by atoms with Crippen LogP contribution in [0.2, 0.25) is 5.02 Å². The maximum absolute atomic E-state index is 6.54. The van der Waals surface area contributed by atoms with Crippen molar-refractivity contribution < 1.29 is 4.74 Å². The van der Waals surface area contributed by atoms with Crippen molar-refractivity contribution in [1.82, 2.24) is 0 Å². The second-order valence-electron chi connectivity index (χ2n) is 8.24. The van der Waals surface area contributed by atoms with Gasteiger partial charge in [-0.15, -0.1) is 0 Å². The molecule has 0 fully saturated rings. The van der Waals surface area contributed by atoms with E-state index in [9.17, 15) is 0 Å². The van der Waals surface area contributed by atoms with Crippen molar-refractivity contribution in [1.29, 1.82) is 0 Å². The molecule has 0 N–H and O–H groups in total. The average Bonchev–Trinajstić information content (AvgIpc) is 3.10. The number of hydrogen-bond donors (Lipinski definition) is 0. The van der Waals surface area contributed by atoms with Crippen LogP contribution in [0.3, 0.4) is 0 Å². The van der Waals surface area contributed by atoms with E-state index >= 15 is 0 Å². The van der Waals surface area contributed by atoms with Crippen molar-refractivity contribution in [3.8, 4) is 22.6 Å². The number of rotatable bonds is 0. The maximum atomic E-state index is 6.54. The molecule has 2 heteroatoms. The van der Waals surface area contributed by atoms with E-state index in [2.05, 4.69) is 84.9 Å². The Morgan fingerprint density at radius 2 is 1.23 bits per heavy atom. The molecule has 1 aliphatic carbocycles. The van der Waals surface area contributed by atoms with E-state index in [0.717, 1.165) is 16.5 Å². The van der Waals surface area contributed by atoms with Gasteiger partial charge in [0.1, 0.15) is 11.5 Å². The Labute approximate surface area is 185 Å². The first-order valence-corrected chi connectivity index (χ1v) is 10.9. The van der Waals surface area contributed by atoms with Crippen LogP contribution in [-0.4, -0.2) is 0 Å². The van der Waals surface area contributed by atoms with Crippen LogP contribution in [0, 0.1) is 0 Å². The first-order chi connectivity index (χ1) is 15.3. The van der Waals surface area contributed by atoms with Gasteiger partial charge in [-0.1, -0.05) is 90.5 Å². The first-order valence-electron chi connectivity index (χ1n) is 10.5. The minimum atomic E-state index is -0.440. The monoisotopic (exact) mass is 416 g/mol. The largest absolute Gasteiger partial charge is 0.457 e. The lowest BCUT2D eigenvalue weighted by atomic mass is 9.66. The van der Waals surface area contributed by atoms with E-state index < -0.39 is 5.41 Å². The van der Waals surface area contributed by atoms with Crippen LogP contribution < -0.4 is 4.74 Å². The molecule has 2 aliphatic rings. The van der Waals surface area contributed by atoms with Gasteiger partial charge in [-0.2, -0.15) is 0 Å². The predicted molar refractivity (Wildman–Crippen MR) is 126 cm³/mol. The van der Waals surface area contributed by atoms with E-state index in [1.165, 1.54) is 44.2 Å². The smallest absolute Gasteiger partial charge is 0.132 e. The zero-order valence-corrected chi connectivity index (χ0v) is 17.4. The molecule has 1 nitrogen and oxygen atoms in total. The van der Waals surface area contributed by atoms with Crippen LogP contribution in [-0.2, 0) is 5.41 Å². The van der Waals surface area contributed by atoms with E-state index in [4.69, 9.17) is 16.3 Å². The van der Waals surface area contributed by atoms with Gasteiger partial charge < -0.3 is 4.74 Å². The zero-order chi connectivity index (χ0) is 20.6. The van der Waals surface area contributed by atoms with Crippen LogP contribution in [0.4, 0.5) is 0 Å². The van der Waals surface area contributed by atoms with Gasteiger partial charge >= 0.3 is 0 Å². The molecule has 1 aliphatic heterocycles. The number of halogens is 1. The Hall–Kier alpha value is -3.55. The molecule has 0 saturated carbocycles. The quantitative estimate of drug-likeness (QED) is 0.243. The summed E-state index contributed by atoms with van der Waals surface area (Å²) in [6.07, 6.45) is 0. The summed E-state index contributed by atoms with van der Waals surface area (Å²) in [6.45, 7) is 0. The van der Waals surface area contributed by atoms with Crippen molar-refractivity contribution in [2.45, 2.75) is 5.41 Å². The van der Waals surface area contributed by atoms with E-state index in [0.29, 0.717) is 0 Å². The van der Waals surface area contributed by atoms with Gasteiger partial charge in [-0.25, -0.2) is 0 Å². The molecule has 0 radical (unpaired) electrons. The maximum Gasteiger partial charge on any atom is 0.132 e. The fourth-order valence-corrected chi connectivity index (χ4v) is 5.82. The molecule has 0 atom stereocenters. The second kappa shape index (κ2) is 6.00. The minimum Gasteiger partial charge on any atom is -0.457 e. The average molecular weight is 417 g/mol. The summed E-state index contributed by atoms with van der Waals surface area (Å²) in [6, 6.07) is 36.3. The molecule has 1 heterocycles. The molecule has 1 spiro atoms. The number of hydrogen-bond acceptors (Lipinski definition) is 1. The minimum absolute atomic E-state index is 0.440. The van der Waals surface area contributed by atoms with E-state index in [1.54, 1.807) is 0 Å². The lowest BCUT2D eigenvalue weighted by molar-refractivity contribution is 0.436. The molecular weight excluding hydrogens is 400 g/mol. The van der Waals surface area contributed by atoms with Crippen LogP contribution in [0.5, 0.6) is 11.5 Å². The molecule has 0 unspecified atom stereocenters. The summed E-state index contributed by atoms with van der Waals surface area (Å²) in [5, 5.41) is 3.24. The van der Waals surface area contributed by atoms with E-state index in [1.807, 2.05) is 18.2 Å². The predicted octanol–water partition coefficient (Wildman–Crippen LogP) is 7.96. The summed E-state index contributed by atoms with van der Waals surface area (Å²) in [5.41, 5.74) is 6.91. The third kappa shape index (κ3) is 2.07. The zero-order valence-electron chi connectivity index (χ0n) is 16.6. The van der Waals surface area contributed by atoms with Gasteiger partial charge in [0.2, 0.25) is 0 Å². The summed E-state index contributed by atoms with van der Waals surface area (Å²) >= 11 is 6.54. The molecule has 146 valence electrons. The lowest BCUT2D eigenvalue weighted by Crippen LogP contribution is -2.32. The Bertz CT molecular complexity index is 1490.